The molecule has 0 bridgehead atoms. The van der Waals surface area contributed by atoms with E-state index in [2.05, 4.69) is 10.3 Å². The van der Waals surface area contributed by atoms with E-state index in [4.69, 9.17) is 9.15 Å². The van der Waals surface area contributed by atoms with Crippen molar-refractivity contribution in [1.82, 2.24) is 10.3 Å². The number of alkyl halides is 3. The Balaban J connectivity index is 1.52. The van der Waals surface area contributed by atoms with Gasteiger partial charge in [-0.2, -0.15) is 13.2 Å². The number of carbonyl (C=O) groups excluding carboxylic acids is 1. The van der Waals surface area contributed by atoms with Crippen LogP contribution in [-0.4, -0.2) is 35.3 Å². The van der Waals surface area contributed by atoms with Crippen LogP contribution in [-0.2, 0) is 6.18 Å². The predicted octanol–water partition coefficient (Wildman–Crippen LogP) is 3.90. The molecule has 0 radical (unpaired) electrons. The molecule has 2 N–H and O–H groups in total. The number of amides is 1. The van der Waals surface area contributed by atoms with Crippen LogP contribution in [0.5, 0.6) is 5.75 Å². The topological polar surface area (TPSA) is 84.6 Å². The number of aromatic nitrogens is 1. The Kier molecular flexibility index (Phi) is 6.23. The Bertz CT molecular complexity index is 970. The summed E-state index contributed by atoms with van der Waals surface area (Å²) >= 11 is 1.30. The van der Waals surface area contributed by atoms with Gasteiger partial charge in [-0.3, -0.25) is 4.79 Å². The summed E-state index contributed by atoms with van der Waals surface area (Å²) in [5.41, 5.74) is -0.628. The largest absolute Gasteiger partial charge is 0.491 e. The molecule has 10 heteroatoms. The number of nitrogens with one attached hydrogen (secondary N) is 1. The van der Waals surface area contributed by atoms with Crippen LogP contribution in [0.15, 0.2) is 47.1 Å². The number of rotatable bonds is 7. The van der Waals surface area contributed by atoms with E-state index in [0.29, 0.717) is 15.6 Å². The Morgan fingerprint density at radius 2 is 2.14 bits per heavy atom. The number of benzene rings is 1. The predicted molar refractivity (Wildman–Crippen MR) is 99.8 cm³/mol. The van der Waals surface area contributed by atoms with Gasteiger partial charge >= 0.3 is 6.18 Å². The van der Waals surface area contributed by atoms with Crippen LogP contribution in [0.2, 0.25) is 0 Å². The molecule has 2 heterocycles. The smallest absolute Gasteiger partial charge is 0.416 e. The molecule has 0 aliphatic carbocycles. The molecular formula is C19H17F3N2O4S. The molecule has 1 amide bonds. The lowest BCUT2D eigenvalue weighted by Crippen LogP contribution is -2.35. The highest BCUT2D eigenvalue weighted by atomic mass is 32.1. The van der Waals surface area contributed by atoms with Crippen molar-refractivity contribution in [1.29, 1.82) is 0 Å². The lowest BCUT2D eigenvalue weighted by molar-refractivity contribution is -0.137. The van der Waals surface area contributed by atoms with E-state index in [9.17, 15) is 23.1 Å². The first-order valence-electron chi connectivity index (χ1n) is 8.51. The first-order chi connectivity index (χ1) is 13.7. The average molecular weight is 426 g/mol. The van der Waals surface area contributed by atoms with Crippen molar-refractivity contribution in [3.05, 3.63) is 58.8 Å². The summed E-state index contributed by atoms with van der Waals surface area (Å²) in [6.45, 7) is 1.31. The molecule has 154 valence electrons. The van der Waals surface area contributed by atoms with Crippen LogP contribution in [0.25, 0.3) is 10.8 Å². The lowest BCUT2D eigenvalue weighted by atomic mass is 10.2. The van der Waals surface area contributed by atoms with E-state index < -0.39 is 23.8 Å². The highest BCUT2D eigenvalue weighted by molar-refractivity contribution is 7.15. The van der Waals surface area contributed by atoms with Crippen LogP contribution in [0.4, 0.5) is 13.2 Å². The minimum Gasteiger partial charge on any atom is -0.491 e. The Morgan fingerprint density at radius 3 is 2.83 bits per heavy atom. The van der Waals surface area contributed by atoms with Gasteiger partial charge in [-0.05, 0) is 37.3 Å². The maximum atomic E-state index is 12.7. The second-order valence-corrected chi connectivity index (χ2v) is 7.30. The zero-order valence-corrected chi connectivity index (χ0v) is 16.0. The minimum atomic E-state index is -4.48. The molecule has 0 fully saturated rings. The fourth-order valence-electron chi connectivity index (χ4n) is 2.42. The summed E-state index contributed by atoms with van der Waals surface area (Å²) in [5, 5.41) is 13.1. The number of thiazole rings is 1. The van der Waals surface area contributed by atoms with Crippen LogP contribution >= 0.6 is 11.3 Å². The number of hydrogen-bond donors (Lipinski definition) is 2. The summed E-state index contributed by atoms with van der Waals surface area (Å²) in [4.78, 5) is 17.2. The standard InChI is InChI=1S/C19H17F3N2O4S/c1-11-16(24-18(29-11)15-6-3-7-27-15)17(26)23-9-13(25)10-28-14-5-2-4-12(8-14)19(20,21)22/h2-8,13,25H,9-10H2,1H3,(H,23,26). The van der Waals surface area contributed by atoms with Crippen molar-refractivity contribution < 1.29 is 32.2 Å². The monoisotopic (exact) mass is 426 g/mol. The number of hydrogen-bond acceptors (Lipinski definition) is 6. The van der Waals surface area contributed by atoms with E-state index in [1.165, 1.54) is 29.7 Å². The van der Waals surface area contributed by atoms with Gasteiger partial charge in [0.05, 0.1) is 11.8 Å². The fraction of sp³-hybridized carbons (Fsp3) is 0.263. The normalized spacial score (nSPS) is 12.6. The van der Waals surface area contributed by atoms with Crippen LogP contribution < -0.4 is 10.1 Å². The number of halogens is 3. The molecule has 0 aliphatic rings. The van der Waals surface area contributed by atoms with Crippen molar-refractivity contribution in [3.63, 3.8) is 0 Å². The summed E-state index contributed by atoms with van der Waals surface area (Å²) in [6.07, 6.45) is -4.09. The summed E-state index contributed by atoms with van der Waals surface area (Å²) < 4.78 is 48.5. The van der Waals surface area contributed by atoms with Crippen molar-refractivity contribution in [2.45, 2.75) is 19.2 Å². The van der Waals surface area contributed by atoms with Gasteiger partial charge in [-0.25, -0.2) is 4.98 Å². The third-order valence-electron chi connectivity index (χ3n) is 3.85. The maximum absolute atomic E-state index is 12.7. The number of ether oxygens (including phenoxy) is 1. The minimum absolute atomic E-state index is 0.0244. The van der Waals surface area contributed by atoms with Gasteiger partial charge in [-0.1, -0.05) is 6.07 Å². The third kappa shape index (κ3) is 5.36. The Morgan fingerprint density at radius 1 is 1.34 bits per heavy atom. The molecule has 0 spiro atoms. The molecular weight excluding hydrogens is 409 g/mol. The molecule has 3 rings (SSSR count). The van der Waals surface area contributed by atoms with E-state index in [-0.39, 0.29) is 24.6 Å². The molecule has 2 aromatic heterocycles. The second-order valence-electron chi connectivity index (χ2n) is 6.10. The van der Waals surface area contributed by atoms with E-state index in [1.54, 1.807) is 19.1 Å². The van der Waals surface area contributed by atoms with Gasteiger partial charge in [-0.15, -0.1) is 11.3 Å². The van der Waals surface area contributed by atoms with Crippen molar-refractivity contribution in [2.75, 3.05) is 13.2 Å². The number of furan rings is 1. The zero-order chi connectivity index (χ0) is 21.0. The molecule has 1 aromatic carbocycles. The van der Waals surface area contributed by atoms with Crippen LogP contribution in [0.1, 0.15) is 20.9 Å². The SMILES string of the molecule is Cc1sc(-c2ccco2)nc1C(=O)NCC(O)COc1cccc(C(F)(F)F)c1. The maximum Gasteiger partial charge on any atom is 0.416 e. The van der Waals surface area contributed by atoms with E-state index >= 15 is 0 Å². The molecule has 1 atom stereocenters. The molecule has 1 unspecified atom stereocenters. The molecule has 0 saturated heterocycles. The quantitative estimate of drug-likeness (QED) is 0.599. The lowest BCUT2D eigenvalue weighted by Gasteiger charge is -2.14. The number of aliphatic hydroxyl groups excluding tert-OH is 1. The number of carbonyl (C=O) groups is 1. The molecule has 0 saturated carbocycles. The molecule has 3 aromatic rings. The van der Waals surface area contributed by atoms with Gasteiger partial charge in [0, 0.05) is 11.4 Å². The first-order valence-corrected chi connectivity index (χ1v) is 9.33. The summed E-state index contributed by atoms with van der Waals surface area (Å²) in [6, 6.07) is 7.79. The van der Waals surface area contributed by atoms with Crippen molar-refractivity contribution >= 4 is 17.2 Å². The van der Waals surface area contributed by atoms with E-state index in [0.717, 1.165) is 12.1 Å². The van der Waals surface area contributed by atoms with Gasteiger partial charge in [0.25, 0.3) is 5.91 Å². The molecule has 0 aliphatic heterocycles. The van der Waals surface area contributed by atoms with Crippen molar-refractivity contribution in [2.24, 2.45) is 0 Å². The van der Waals surface area contributed by atoms with Crippen LogP contribution in [0, 0.1) is 6.92 Å². The number of nitrogens with zero attached hydrogens (tertiary/aromatic N) is 1. The third-order valence-corrected chi connectivity index (χ3v) is 4.83. The van der Waals surface area contributed by atoms with Crippen LogP contribution in [0.3, 0.4) is 0 Å². The van der Waals surface area contributed by atoms with E-state index in [1.807, 2.05) is 0 Å². The van der Waals surface area contributed by atoms with Crippen molar-refractivity contribution in [3.8, 4) is 16.5 Å². The fourth-order valence-corrected chi connectivity index (χ4v) is 3.30. The summed E-state index contributed by atoms with van der Waals surface area (Å²) in [5.74, 6) is 0.0463. The molecule has 6 nitrogen and oxygen atoms in total. The average Bonchev–Trinajstić information content (AvgIpc) is 3.33. The Hall–Kier alpha value is -2.85. The molecule has 29 heavy (non-hydrogen) atoms. The highest BCUT2D eigenvalue weighted by Crippen LogP contribution is 2.31. The number of aliphatic hydroxyl groups is 1. The zero-order valence-electron chi connectivity index (χ0n) is 15.2. The Labute approximate surface area is 168 Å². The second kappa shape index (κ2) is 8.66. The van der Waals surface area contributed by atoms with Gasteiger partial charge in [0.1, 0.15) is 24.2 Å². The van der Waals surface area contributed by atoms with Gasteiger partial charge < -0.3 is 19.6 Å². The van der Waals surface area contributed by atoms with Gasteiger partial charge in [0.2, 0.25) is 0 Å². The summed E-state index contributed by atoms with van der Waals surface area (Å²) in [7, 11) is 0. The van der Waals surface area contributed by atoms with Gasteiger partial charge in [0.15, 0.2) is 10.8 Å². The highest BCUT2D eigenvalue weighted by Gasteiger charge is 2.30. The first kappa shape index (κ1) is 20.9. The number of aryl methyl sites for hydroxylation is 1.